The number of ether oxygens (including phenoxy) is 1. The van der Waals surface area contributed by atoms with Gasteiger partial charge in [-0.05, 0) is 29.0 Å². The fourth-order valence-electron chi connectivity index (χ4n) is 0.571. The van der Waals surface area contributed by atoms with Gasteiger partial charge in [-0.1, -0.05) is 0 Å². The molecule has 2 nitrogen and oxygen atoms in total. The molecule has 2 atom stereocenters. The van der Waals surface area contributed by atoms with Crippen molar-refractivity contribution < 1.29 is 4.74 Å². The molecule has 0 radical (unpaired) electrons. The Morgan fingerprint density at radius 2 is 2.43 bits per heavy atom. The average Bonchev–Trinajstić information content (AvgIpc) is 1.91. The summed E-state index contributed by atoms with van der Waals surface area (Å²) in [6.45, 7) is 0.842. The lowest BCUT2D eigenvalue weighted by Crippen LogP contribution is -2.24. The number of hydrogen-bond donors (Lipinski definition) is 1. The van der Waals surface area contributed by atoms with Gasteiger partial charge in [0.2, 0.25) is 0 Å². The molecule has 0 saturated carbocycles. The number of rotatable bonds is 0. The molecule has 1 heterocycles. The maximum Gasteiger partial charge on any atom is 0.123 e. The largest absolute Gasteiger partial charge is 0.366 e. The van der Waals surface area contributed by atoms with Crippen LogP contribution in [0.2, 0.25) is 0 Å². The van der Waals surface area contributed by atoms with Crippen molar-refractivity contribution in [1.29, 1.82) is 0 Å². The summed E-state index contributed by atoms with van der Waals surface area (Å²) < 4.78 is 5.39. The maximum atomic E-state index is 5.55. The molecule has 7 heavy (non-hydrogen) atoms. The molecule has 2 N–H and O–H groups in total. The van der Waals surface area contributed by atoms with Crippen molar-refractivity contribution in [3.05, 3.63) is 0 Å². The zero-order chi connectivity index (χ0) is 5.28. The number of alkyl halides is 1. The van der Waals surface area contributed by atoms with Crippen LogP contribution in [0.25, 0.3) is 0 Å². The van der Waals surface area contributed by atoms with Gasteiger partial charge in [0, 0.05) is 12.6 Å². The molecule has 1 saturated heterocycles. The molecule has 1 aliphatic heterocycles. The van der Waals surface area contributed by atoms with Gasteiger partial charge in [0.1, 0.15) is 4.11 Å². The van der Waals surface area contributed by atoms with Gasteiger partial charge in [0.25, 0.3) is 0 Å². The molecule has 1 aliphatic rings. The lowest BCUT2D eigenvalue weighted by Gasteiger charge is -2.02. The monoisotopic (exact) mass is 213 g/mol. The second-order valence-electron chi connectivity index (χ2n) is 1.67. The summed E-state index contributed by atoms with van der Waals surface area (Å²) in [5.74, 6) is 0. The van der Waals surface area contributed by atoms with Gasteiger partial charge < -0.3 is 10.5 Å². The van der Waals surface area contributed by atoms with E-state index >= 15 is 0 Å². The van der Waals surface area contributed by atoms with Crippen LogP contribution in [-0.4, -0.2) is 16.8 Å². The van der Waals surface area contributed by atoms with Crippen molar-refractivity contribution in [1.82, 2.24) is 0 Å². The predicted molar refractivity (Wildman–Crippen MR) is 36.4 cm³/mol. The Kier molecular flexibility index (Phi) is 1.88. The van der Waals surface area contributed by atoms with E-state index in [4.69, 9.17) is 10.5 Å². The Morgan fingerprint density at radius 1 is 1.71 bits per heavy atom. The van der Waals surface area contributed by atoms with Gasteiger partial charge in [0.05, 0.1) is 0 Å². The molecule has 0 aromatic rings. The molecule has 1 rings (SSSR count). The Bertz CT molecular complexity index is 60.7. The van der Waals surface area contributed by atoms with Crippen LogP contribution >= 0.6 is 22.6 Å². The first-order valence-electron chi connectivity index (χ1n) is 2.32. The fourth-order valence-corrected chi connectivity index (χ4v) is 1.19. The first kappa shape index (κ1) is 5.78. The Balaban J connectivity index is 2.33. The molecular formula is C4H8INO. The van der Waals surface area contributed by atoms with Crippen LogP contribution in [0.4, 0.5) is 0 Å². The van der Waals surface area contributed by atoms with Gasteiger partial charge in [-0.15, -0.1) is 0 Å². The molecule has 1 fully saturated rings. The molecule has 0 amide bonds. The van der Waals surface area contributed by atoms with Crippen molar-refractivity contribution in [3.63, 3.8) is 0 Å². The van der Waals surface area contributed by atoms with Crippen LogP contribution in [0, 0.1) is 0 Å². The highest BCUT2D eigenvalue weighted by Gasteiger charge is 2.20. The molecule has 0 spiro atoms. The third-order valence-electron chi connectivity index (χ3n) is 1.06. The zero-order valence-corrected chi connectivity index (χ0v) is 6.09. The molecule has 0 aliphatic carbocycles. The summed E-state index contributed by atoms with van der Waals surface area (Å²) in [6.07, 6.45) is 1.02. The van der Waals surface area contributed by atoms with Crippen LogP contribution in [0.15, 0.2) is 0 Å². The minimum Gasteiger partial charge on any atom is -0.366 e. The molecule has 42 valence electrons. The average molecular weight is 213 g/mol. The summed E-state index contributed by atoms with van der Waals surface area (Å²) in [5, 5.41) is 0. The highest BCUT2D eigenvalue weighted by Crippen LogP contribution is 2.16. The first-order chi connectivity index (χ1) is 3.30. The molecule has 0 aromatic heterocycles. The van der Waals surface area contributed by atoms with Crippen molar-refractivity contribution in [2.75, 3.05) is 6.61 Å². The van der Waals surface area contributed by atoms with Crippen LogP contribution in [0.1, 0.15) is 6.42 Å². The maximum absolute atomic E-state index is 5.55. The van der Waals surface area contributed by atoms with E-state index in [9.17, 15) is 0 Å². The third kappa shape index (κ3) is 1.27. The normalized spacial score (nSPS) is 42.0. The van der Waals surface area contributed by atoms with E-state index in [1.54, 1.807) is 0 Å². The SMILES string of the molecule is NC1CCOC1I. The van der Waals surface area contributed by atoms with Crippen LogP contribution in [0.5, 0.6) is 0 Å². The Labute approximate surface area is 56.5 Å². The van der Waals surface area contributed by atoms with Gasteiger partial charge >= 0.3 is 0 Å². The van der Waals surface area contributed by atoms with Crippen molar-refractivity contribution in [3.8, 4) is 0 Å². The van der Waals surface area contributed by atoms with Crippen LogP contribution < -0.4 is 5.73 Å². The van der Waals surface area contributed by atoms with E-state index < -0.39 is 0 Å². The zero-order valence-electron chi connectivity index (χ0n) is 3.93. The molecule has 3 heteroatoms. The van der Waals surface area contributed by atoms with Gasteiger partial charge in [-0.25, -0.2) is 0 Å². The Hall–Kier alpha value is 0.650. The predicted octanol–water partition coefficient (Wildman–Crippen LogP) is 0.495. The van der Waals surface area contributed by atoms with E-state index in [0.717, 1.165) is 13.0 Å². The summed E-state index contributed by atoms with van der Waals surface area (Å²) in [5.41, 5.74) is 5.55. The minimum absolute atomic E-state index is 0.262. The summed E-state index contributed by atoms with van der Waals surface area (Å²) in [7, 11) is 0. The van der Waals surface area contributed by atoms with Gasteiger partial charge in [0.15, 0.2) is 0 Å². The van der Waals surface area contributed by atoms with Gasteiger partial charge in [-0.2, -0.15) is 0 Å². The summed E-state index contributed by atoms with van der Waals surface area (Å²) in [4.78, 5) is 0. The van der Waals surface area contributed by atoms with Crippen LogP contribution in [0.3, 0.4) is 0 Å². The summed E-state index contributed by atoms with van der Waals surface area (Å²) >= 11 is 2.21. The van der Waals surface area contributed by atoms with Crippen molar-refractivity contribution >= 4 is 22.6 Å². The standard InChI is InChI=1S/C4H8INO/c5-4-3(6)1-2-7-4/h3-4H,1-2,6H2. The molecule has 2 unspecified atom stereocenters. The third-order valence-corrected chi connectivity index (χ3v) is 2.35. The van der Waals surface area contributed by atoms with Crippen LogP contribution in [-0.2, 0) is 4.74 Å². The summed E-state index contributed by atoms with van der Waals surface area (Å²) in [6, 6.07) is 0.278. The number of nitrogens with two attached hydrogens (primary N) is 1. The van der Waals surface area contributed by atoms with E-state index in [2.05, 4.69) is 22.6 Å². The first-order valence-corrected chi connectivity index (χ1v) is 3.56. The van der Waals surface area contributed by atoms with E-state index in [1.165, 1.54) is 0 Å². The smallest absolute Gasteiger partial charge is 0.123 e. The second kappa shape index (κ2) is 2.28. The fraction of sp³-hybridized carbons (Fsp3) is 1.00. The molecule has 0 bridgehead atoms. The Morgan fingerprint density at radius 3 is 2.57 bits per heavy atom. The van der Waals surface area contributed by atoms with E-state index in [0.29, 0.717) is 0 Å². The highest BCUT2D eigenvalue weighted by molar-refractivity contribution is 14.1. The number of hydrogen-bond acceptors (Lipinski definition) is 2. The molecular weight excluding hydrogens is 205 g/mol. The topological polar surface area (TPSA) is 35.2 Å². The quantitative estimate of drug-likeness (QED) is 0.469. The van der Waals surface area contributed by atoms with Gasteiger partial charge in [-0.3, -0.25) is 0 Å². The lowest BCUT2D eigenvalue weighted by molar-refractivity contribution is 0.180. The lowest BCUT2D eigenvalue weighted by atomic mass is 10.3. The van der Waals surface area contributed by atoms with E-state index in [1.807, 2.05) is 0 Å². The van der Waals surface area contributed by atoms with E-state index in [-0.39, 0.29) is 10.2 Å². The number of halogens is 1. The minimum atomic E-state index is 0.262. The van der Waals surface area contributed by atoms with Crippen molar-refractivity contribution in [2.45, 2.75) is 16.6 Å². The molecule has 0 aromatic carbocycles. The van der Waals surface area contributed by atoms with Crippen molar-refractivity contribution in [2.24, 2.45) is 5.73 Å². The highest BCUT2D eigenvalue weighted by atomic mass is 127. The second-order valence-corrected chi connectivity index (χ2v) is 2.90.